The van der Waals surface area contributed by atoms with Crippen LogP contribution >= 0.6 is 12.2 Å². The van der Waals surface area contributed by atoms with E-state index < -0.39 is 0 Å². The summed E-state index contributed by atoms with van der Waals surface area (Å²) in [5.74, 6) is 2.55. The second-order valence-corrected chi connectivity index (χ2v) is 7.73. The summed E-state index contributed by atoms with van der Waals surface area (Å²) in [7, 11) is 0. The van der Waals surface area contributed by atoms with E-state index in [1.807, 2.05) is 42.5 Å². The van der Waals surface area contributed by atoms with Crippen LogP contribution in [0.2, 0.25) is 0 Å². The molecule has 1 aliphatic heterocycles. The molecule has 0 bridgehead atoms. The quantitative estimate of drug-likeness (QED) is 0.590. The maximum atomic E-state index is 6.25. The highest BCUT2D eigenvalue weighted by Gasteiger charge is 2.25. The van der Waals surface area contributed by atoms with E-state index in [2.05, 4.69) is 16.7 Å². The number of fused-ring (bicyclic) bond motifs is 2. The van der Waals surface area contributed by atoms with Crippen LogP contribution in [0.4, 0.5) is 0 Å². The summed E-state index contributed by atoms with van der Waals surface area (Å²) in [6, 6.07) is 18.1. The number of aromatic nitrogens is 2. The molecule has 0 radical (unpaired) electrons. The predicted molar refractivity (Wildman–Crippen MR) is 111 cm³/mol. The first-order chi connectivity index (χ1) is 13.8. The Labute approximate surface area is 169 Å². The van der Waals surface area contributed by atoms with E-state index in [1.165, 1.54) is 24.1 Å². The summed E-state index contributed by atoms with van der Waals surface area (Å²) in [5.41, 5.74) is 3.63. The van der Waals surface area contributed by atoms with Crippen LogP contribution in [0.15, 0.2) is 54.6 Å². The number of hydrogen-bond donors (Lipinski definition) is 0. The third-order valence-corrected chi connectivity index (χ3v) is 5.81. The zero-order valence-electron chi connectivity index (χ0n) is 15.6. The van der Waals surface area contributed by atoms with E-state index >= 15 is 0 Å². The molecular weight excluding hydrogens is 368 g/mol. The second kappa shape index (κ2) is 7.40. The van der Waals surface area contributed by atoms with Crippen molar-refractivity contribution in [3.8, 4) is 22.9 Å². The van der Waals surface area contributed by atoms with E-state index in [4.69, 9.17) is 26.7 Å². The number of hydrogen-bond acceptors (Lipinski definition) is 4. The first kappa shape index (κ1) is 17.4. The molecule has 0 saturated heterocycles. The third-order valence-electron chi connectivity index (χ3n) is 5.47. The van der Waals surface area contributed by atoms with E-state index in [0.29, 0.717) is 13.2 Å². The van der Waals surface area contributed by atoms with E-state index in [-0.39, 0.29) is 6.10 Å². The lowest BCUT2D eigenvalue weighted by Gasteiger charge is -2.30. The molecule has 1 atom stereocenters. The van der Waals surface area contributed by atoms with Crippen molar-refractivity contribution in [2.45, 2.75) is 38.3 Å². The smallest absolute Gasteiger partial charge is 0.161 e. The highest BCUT2D eigenvalue weighted by atomic mass is 32.1. The van der Waals surface area contributed by atoms with Crippen molar-refractivity contribution in [2.75, 3.05) is 6.61 Å². The fourth-order valence-corrected chi connectivity index (χ4v) is 4.44. The molecule has 0 fully saturated rings. The summed E-state index contributed by atoms with van der Waals surface area (Å²) in [5, 5.41) is 0. The summed E-state index contributed by atoms with van der Waals surface area (Å²) < 4.78 is 15.3. The lowest BCUT2D eigenvalue weighted by Crippen LogP contribution is -2.35. The van der Waals surface area contributed by atoms with Gasteiger partial charge in [-0.2, -0.15) is 0 Å². The molecule has 4 nitrogen and oxygen atoms in total. The molecule has 1 aromatic heterocycles. The molecule has 5 heteroatoms. The van der Waals surface area contributed by atoms with Gasteiger partial charge in [0.15, 0.2) is 17.6 Å². The summed E-state index contributed by atoms with van der Waals surface area (Å²) in [6.45, 7) is 1.23. The molecule has 0 spiro atoms. The maximum absolute atomic E-state index is 6.25. The molecule has 0 N–H and O–H groups in total. The first-order valence-corrected chi connectivity index (χ1v) is 10.3. The fraction of sp³-hybridized carbons (Fsp3) is 0.304. The zero-order valence-corrected chi connectivity index (χ0v) is 16.5. The zero-order chi connectivity index (χ0) is 18.9. The second-order valence-electron chi connectivity index (χ2n) is 7.35. The van der Waals surface area contributed by atoms with Gasteiger partial charge in [-0.25, -0.2) is 4.98 Å². The van der Waals surface area contributed by atoms with Crippen molar-refractivity contribution in [1.82, 2.24) is 9.55 Å². The highest BCUT2D eigenvalue weighted by molar-refractivity contribution is 7.71. The van der Waals surface area contributed by atoms with Crippen molar-refractivity contribution >= 4 is 12.2 Å². The van der Waals surface area contributed by atoms with Gasteiger partial charge in [0.1, 0.15) is 17.1 Å². The van der Waals surface area contributed by atoms with Gasteiger partial charge < -0.3 is 14.0 Å². The molecular formula is C23H22N2O2S. The lowest BCUT2D eigenvalue weighted by molar-refractivity contribution is 0.0778. The van der Waals surface area contributed by atoms with E-state index in [1.54, 1.807) is 0 Å². The van der Waals surface area contributed by atoms with Gasteiger partial charge in [0.05, 0.1) is 6.54 Å². The molecule has 0 amide bonds. The van der Waals surface area contributed by atoms with Crippen LogP contribution in [0.25, 0.3) is 11.4 Å². The fourth-order valence-electron chi connectivity index (χ4n) is 4.13. The number of ether oxygens (including phenoxy) is 2. The standard InChI is InChI=1S/C23H22N2O2S/c28-23-18-10-4-5-11-19(18)25(22(24-23)16-8-2-1-3-9-16)14-17-15-26-20-12-6-7-13-21(20)27-17/h1-3,6-9,12-13,17H,4-5,10-11,14-15H2/t17-/m0/s1. The van der Waals surface area contributed by atoms with Gasteiger partial charge in [-0.1, -0.05) is 54.7 Å². The molecule has 142 valence electrons. The largest absolute Gasteiger partial charge is 0.486 e. The first-order valence-electron chi connectivity index (χ1n) is 9.86. The van der Waals surface area contributed by atoms with E-state index in [9.17, 15) is 0 Å². The minimum atomic E-state index is -0.0637. The number of benzene rings is 2. The van der Waals surface area contributed by atoms with Crippen LogP contribution in [0, 0.1) is 4.64 Å². The Bertz CT molecular complexity index is 1060. The molecule has 0 saturated carbocycles. The Morgan fingerprint density at radius 1 is 0.964 bits per heavy atom. The highest BCUT2D eigenvalue weighted by Crippen LogP contribution is 2.33. The molecule has 3 aromatic rings. The van der Waals surface area contributed by atoms with Gasteiger partial charge in [0.25, 0.3) is 0 Å². The van der Waals surface area contributed by atoms with Gasteiger partial charge >= 0.3 is 0 Å². The van der Waals surface area contributed by atoms with Gasteiger partial charge in [0.2, 0.25) is 0 Å². The molecule has 0 unspecified atom stereocenters. The van der Waals surface area contributed by atoms with Crippen LogP contribution in [-0.2, 0) is 19.4 Å². The van der Waals surface area contributed by atoms with Crippen LogP contribution in [0.5, 0.6) is 11.5 Å². The van der Waals surface area contributed by atoms with Crippen molar-refractivity contribution in [1.29, 1.82) is 0 Å². The molecule has 2 heterocycles. The number of nitrogens with zero attached hydrogens (tertiary/aromatic N) is 2. The molecule has 28 heavy (non-hydrogen) atoms. The summed E-state index contributed by atoms with van der Waals surface area (Å²) >= 11 is 5.66. The van der Waals surface area contributed by atoms with Crippen molar-refractivity contribution < 1.29 is 9.47 Å². The molecule has 2 aromatic carbocycles. The molecule has 5 rings (SSSR count). The van der Waals surface area contributed by atoms with Gasteiger partial charge in [-0.05, 0) is 37.8 Å². The van der Waals surface area contributed by atoms with Crippen molar-refractivity contribution in [3.05, 3.63) is 70.5 Å². The Kier molecular flexibility index (Phi) is 4.61. The van der Waals surface area contributed by atoms with Gasteiger partial charge in [-0.15, -0.1) is 0 Å². The van der Waals surface area contributed by atoms with Gasteiger partial charge in [-0.3, -0.25) is 0 Å². The Balaban J connectivity index is 1.57. The Hall–Kier alpha value is -2.66. The number of para-hydroxylation sites is 2. The van der Waals surface area contributed by atoms with E-state index in [0.717, 1.165) is 40.4 Å². The Morgan fingerprint density at radius 2 is 1.71 bits per heavy atom. The molecule has 1 aliphatic carbocycles. The van der Waals surface area contributed by atoms with Crippen LogP contribution in [0.3, 0.4) is 0 Å². The van der Waals surface area contributed by atoms with Crippen molar-refractivity contribution in [2.24, 2.45) is 0 Å². The van der Waals surface area contributed by atoms with Gasteiger partial charge in [0, 0.05) is 16.8 Å². The Morgan fingerprint density at radius 3 is 2.57 bits per heavy atom. The van der Waals surface area contributed by atoms with Crippen molar-refractivity contribution in [3.63, 3.8) is 0 Å². The predicted octanol–water partition coefficient (Wildman–Crippen LogP) is 5.00. The monoisotopic (exact) mass is 390 g/mol. The van der Waals surface area contributed by atoms with Crippen LogP contribution in [-0.4, -0.2) is 22.3 Å². The summed E-state index contributed by atoms with van der Waals surface area (Å²) in [4.78, 5) is 4.85. The minimum Gasteiger partial charge on any atom is -0.486 e. The lowest BCUT2D eigenvalue weighted by atomic mass is 9.96. The molecule has 2 aliphatic rings. The summed E-state index contributed by atoms with van der Waals surface area (Å²) in [6.07, 6.45) is 4.35. The average molecular weight is 391 g/mol. The SMILES string of the molecule is S=c1nc(-c2ccccc2)n(C[C@H]2COc3ccccc3O2)c2c1CCCC2. The third kappa shape index (κ3) is 3.20. The van der Waals surface area contributed by atoms with Crippen LogP contribution in [0.1, 0.15) is 24.1 Å². The minimum absolute atomic E-state index is 0.0637. The maximum Gasteiger partial charge on any atom is 0.161 e. The normalized spacial score (nSPS) is 17.8. The number of rotatable bonds is 3. The average Bonchev–Trinajstić information content (AvgIpc) is 2.76. The topological polar surface area (TPSA) is 36.3 Å². The van der Waals surface area contributed by atoms with Crippen LogP contribution < -0.4 is 9.47 Å².